The average Bonchev–Trinajstić information content (AvgIpc) is 2.78. The molecule has 1 aliphatic carbocycles. The van der Waals surface area contributed by atoms with Crippen molar-refractivity contribution in [2.24, 2.45) is 0 Å². The number of aliphatic hydroxyl groups excluding tert-OH is 1. The molecule has 0 spiro atoms. The second kappa shape index (κ2) is 4.29. The Bertz CT molecular complexity index is 540. The molecule has 1 saturated heterocycles. The first-order valence-electron chi connectivity index (χ1n) is 7.07. The number of rotatable bonds is 1. The minimum atomic E-state index is -0.683. The Morgan fingerprint density at radius 1 is 1.20 bits per heavy atom. The van der Waals surface area contributed by atoms with E-state index in [1.54, 1.807) is 0 Å². The molecule has 3 nitrogen and oxygen atoms in total. The Balaban J connectivity index is 1.96. The van der Waals surface area contributed by atoms with Gasteiger partial charge in [0.15, 0.2) is 0 Å². The molecule has 1 unspecified atom stereocenters. The van der Waals surface area contributed by atoms with Gasteiger partial charge in [0, 0.05) is 5.56 Å². The zero-order chi connectivity index (χ0) is 14.7. The quantitative estimate of drug-likeness (QED) is 0.800. The van der Waals surface area contributed by atoms with Crippen molar-refractivity contribution in [3.05, 3.63) is 29.1 Å². The minimum absolute atomic E-state index is 0.364. The Kier molecular flexibility index (Phi) is 3.02. The number of aryl methyl sites for hydroxylation is 1. The standard InChI is InChI=1S/C15H20BFO3/c1-14(2)15(3,4)20-16(19-14)10-7-9-5-6-12(18)13(9)11(17)8-10/h7-8,12,18H,5-6H2,1-4H3. The fourth-order valence-corrected chi connectivity index (χ4v) is 2.83. The summed E-state index contributed by atoms with van der Waals surface area (Å²) >= 11 is 0. The molecule has 1 fully saturated rings. The lowest BCUT2D eigenvalue weighted by molar-refractivity contribution is 0.00578. The van der Waals surface area contributed by atoms with E-state index in [0.29, 0.717) is 23.9 Å². The highest BCUT2D eigenvalue weighted by Gasteiger charge is 2.52. The summed E-state index contributed by atoms with van der Waals surface area (Å²) in [6, 6.07) is 3.33. The fourth-order valence-electron chi connectivity index (χ4n) is 2.83. The van der Waals surface area contributed by atoms with Crippen LogP contribution in [-0.4, -0.2) is 23.4 Å². The maximum Gasteiger partial charge on any atom is 0.494 e. The zero-order valence-electron chi connectivity index (χ0n) is 12.4. The van der Waals surface area contributed by atoms with Gasteiger partial charge in [0.2, 0.25) is 0 Å². The van der Waals surface area contributed by atoms with Crippen LogP contribution < -0.4 is 5.46 Å². The van der Waals surface area contributed by atoms with Crippen LogP contribution in [0.2, 0.25) is 0 Å². The van der Waals surface area contributed by atoms with Gasteiger partial charge in [-0.3, -0.25) is 0 Å². The summed E-state index contributed by atoms with van der Waals surface area (Å²) in [7, 11) is -0.558. The van der Waals surface area contributed by atoms with Gasteiger partial charge in [-0.2, -0.15) is 0 Å². The summed E-state index contributed by atoms with van der Waals surface area (Å²) in [6.07, 6.45) is 0.595. The van der Waals surface area contributed by atoms with Crippen molar-refractivity contribution in [2.75, 3.05) is 0 Å². The van der Waals surface area contributed by atoms with Gasteiger partial charge in [0.05, 0.1) is 17.3 Å². The summed E-state index contributed by atoms with van der Waals surface area (Å²) < 4.78 is 26.0. The summed E-state index contributed by atoms with van der Waals surface area (Å²) in [5.74, 6) is -0.364. The largest absolute Gasteiger partial charge is 0.494 e. The molecule has 0 saturated carbocycles. The number of benzene rings is 1. The third kappa shape index (κ3) is 2.00. The van der Waals surface area contributed by atoms with E-state index in [0.717, 1.165) is 5.56 Å². The summed E-state index contributed by atoms with van der Waals surface area (Å²) in [6.45, 7) is 7.89. The highest BCUT2D eigenvalue weighted by molar-refractivity contribution is 6.62. The summed E-state index contributed by atoms with van der Waals surface area (Å²) in [5, 5.41) is 9.78. The lowest BCUT2D eigenvalue weighted by Crippen LogP contribution is -2.41. The maximum atomic E-state index is 14.2. The molecule has 0 radical (unpaired) electrons. The van der Waals surface area contributed by atoms with Gasteiger partial charge in [-0.15, -0.1) is 0 Å². The molecular weight excluding hydrogens is 258 g/mol. The van der Waals surface area contributed by atoms with Crippen molar-refractivity contribution in [1.29, 1.82) is 0 Å². The van der Waals surface area contributed by atoms with Gasteiger partial charge >= 0.3 is 7.12 Å². The van der Waals surface area contributed by atoms with Crippen LogP contribution in [0, 0.1) is 5.82 Å². The third-order valence-corrected chi connectivity index (χ3v) is 4.78. The van der Waals surface area contributed by atoms with Gasteiger partial charge in [-0.1, -0.05) is 6.07 Å². The van der Waals surface area contributed by atoms with E-state index >= 15 is 0 Å². The average molecular weight is 278 g/mol. The van der Waals surface area contributed by atoms with Crippen LogP contribution in [-0.2, 0) is 15.7 Å². The van der Waals surface area contributed by atoms with Gasteiger partial charge in [0.1, 0.15) is 5.82 Å². The molecule has 108 valence electrons. The molecule has 0 aromatic heterocycles. The van der Waals surface area contributed by atoms with Crippen LogP contribution in [0.3, 0.4) is 0 Å². The predicted octanol–water partition coefficient (Wildman–Crippen LogP) is 2.10. The zero-order valence-corrected chi connectivity index (χ0v) is 12.4. The Morgan fingerprint density at radius 3 is 2.40 bits per heavy atom. The molecule has 1 atom stereocenters. The minimum Gasteiger partial charge on any atom is -0.399 e. The van der Waals surface area contributed by atoms with Crippen LogP contribution in [0.1, 0.15) is 51.3 Å². The number of hydrogen-bond acceptors (Lipinski definition) is 3. The van der Waals surface area contributed by atoms with Crippen molar-refractivity contribution < 1.29 is 18.8 Å². The monoisotopic (exact) mass is 278 g/mol. The van der Waals surface area contributed by atoms with E-state index in [4.69, 9.17) is 9.31 Å². The van der Waals surface area contributed by atoms with Gasteiger partial charge < -0.3 is 14.4 Å². The van der Waals surface area contributed by atoms with Crippen molar-refractivity contribution in [3.63, 3.8) is 0 Å². The van der Waals surface area contributed by atoms with Crippen molar-refractivity contribution in [1.82, 2.24) is 0 Å². The third-order valence-electron chi connectivity index (χ3n) is 4.78. The van der Waals surface area contributed by atoms with E-state index in [9.17, 15) is 9.50 Å². The molecule has 1 aromatic rings. The van der Waals surface area contributed by atoms with Gasteiger partial charge in [0.25, 0.3) is 0 Å². The second-order valence-corrected chi connectivity index (χ2v) is 6.72. The molecule has 5 heteroatoms. The molecule has 1 N–H and O–H groups in total. The molecule has 2 aliphatic rings. The highest BCUT2D eigenvalue weighted by atomic mass is 19.1. The molecule has 20 heavy (non-hydrogen) atoms. The summed E-state index contributed by atoms with van der Waals surface area (Å²) in [5.41, 5.74) is 1.11. The number of fused-ring (bicyclic) bond motifs is 1. The van der Waals surface area contributed by atoms with Crippen LogP contribution in [0.4, 0.5) is 4.39 Å². The molecular formula is C15H20BFO3. The molecule has 1 aromatic carbocycles. The Morgan fingerprint density at radius 2 is 1.80 bits per heavy atom. The molecule has 1 heterocycles. The lowest BCUT2D eigenvalue weighted by Gasteiger charge is -2.32. The highest BCUT2D eigenvalue weighted by Crippen LogP contribution is 2.37. The van der Waals surface area contributed by atoms with E-state index in [2.05, 4.69) is 0 Å². The molecule has 0 bridgehead atoms. The van der Waals surface area contributed by atoms with Crippen LogP contribution in [0.5, 0.6) is 0 Å². The number of aliphatic hydroxyl groups is 1. The van der Waals surface area contributed by atoms with Gasteiger partial charge in [-0.05, 0) is 57.6 Å². The molecule has 1 aliphatic heterocycles. The van der Waals surface area contributed by atoms with Crippen molar-refractivity contribution in [3.8, 4) is 0 Å². The SMILES string of the molecule is CC1(C)OB(c2cc(F)c3c(c2)CCC3O)OC1(C)C. The first-order valence-corrected chi connectivity index (χ1v) is 7.07. The van der Waals surface area contributed by atoms with Crippen molar-refractivity contribution in [2.45, 2.75) is 57.8 Å². The number of halogens is 1. The second-order valence-electron chi connectivity index (χ2n) is 6.72. The lowest BCUT2D eigenvalue weighted by atomic mass is 9.77. The predicted molar refractivity (Wildman–Crippen MR) is 75.4 cm³/mol. The van der Waals surface area contributed by atoms with E-state index in [-0.39, 0.29) is 5.82 Å². The smallest absolute Gasteiger partial charge is 0.399 e. The topological polar surface area (TPSA) is 38.7 Å². The first-order chi connectivity index (χ1) is 9.21. The van der Waals surface area contributed by atoms with E-state index in [1.807, 2.05) is 33.8 Å². The maximum absolute atomic E-state index is 14.2. The molecule has 3 rings (SSSR count). The van der Waals surface area contributed by atoms with Crippen LogP contribution in [0.15, 0.2) is 12.1 Å². The molecule has 0 amide bonds. The number of hydrogen-bond donors (Lipinski definition) is 1. The van der Waals surface area contributed by atoms with Gasteiger partial charge in [-0.25, -0.2) is 4.39 Å². The van der Waals surface area contributed by atoms with Crippen LogP contribution in [0.25, 0.3) is 0 Å². The summed E-state index contributed by atoms with van der Waals surface area (Å²) in [4.78, 5) is 0. The Labute approximate surface area is 119 Å². The normalized spacial score (nSPS) is 26.9. The first kappa shape index (κ1) is 14.0. The Hall–Kier alpha value is -0.905. The fraction of sp³-hybridized carbons (Fsp3) is 0.600. The van der Waals surface area contributed by atoms with Crippen molar-refractivity contribution >= 4 is 12.6 Å². The van der Waals surface area contributed by atoms with E-state index in [1.165, 1.54) is 6.07 Å². The van der Waals surface area contributed by atoms with Crippen LogP contribution >= 0.6 is 0 Å². The van der Waals surface area contributed by atoms with E-state index < -0.39 is 24.4 Å².